The minimum Gasteiger partial charge on any atom is -0.391 e. The first-order chi connectivity index (χ1) is 9.32. The first-order valence-corrected chi connectivity index (χ1v) is 8.02. The van der Waals surface area contributed by atoms with Gasteiger partial charge in [-0.3, -0.25) is 4.79 Å². The molecule has 0 radical (unpaired) electrons. The maximum absolute atomic E-state index is 12.0. The first kappa shape index (κ1) is 15.8. The molecule has 0 aromatic heterocycles. The maximum Gasteiger partial charge on any atom is 0.220 e. The molecule has 3 atom stereocenters. The Morgan fingerprint density at radius 3 is 2.45 bits per heavy atom. The quantitative estimate of drug-likeness (QED) is 0.721. The minimum atomic E-state index is -0.442. The van der Waals surface area contributed by atoms with Crippen molar-refractivity contribution >= 4 is 5.91 Å². The molecule has 2 rings (SSSR count). The van der Waals surface area contributed by atoms with Crippen LogP contribution in [0, 0.1) is 11.3 Å². The molecular weight excluding hydrogens is 252 g/mol. The number of carbonyl (C=O) groups is 1. The van der Waals surface area contributed by atoms with Crippen LogP contribution in [0.1, 0.15) is 59.3 Å². The summed E-state index contributed by atoms with van der Waals surface area (Å²) < 4.78 is 0. The van der Waals surface area contributed by atoms with Gasteiger partial charge in [0.25, 0.3) is 0 Å². The number of carbonyl (C=O) groups excluding carboxylic acids is 1. The Kier molecular flexibility index (Phi) is 5.08. The van der Waals surface area contributed by atoms with E-state index in [0.29, 0.717) is 37.4 Å². The summed E-state index contributed by atoms with van der Waals surface area (Å²) in [4.78, 5) is 12.0. The molecule has 0 aromatic rings. The highest BCUT2D eigenvalue weighted by Crippen LogP contribution is 2.32. The third-order valence-electron chi connectivity index (χ3n) is 4.43. The van der Waals surface area contributed by atoms with Gasteiger partial charge in [-0.2, -0.15) is 0 Å². The van der Waals surface area contributed by atoms with Crippen LogP contribution in [0.25, 0.3) is 0 Å². The van der Waals surface area contributed by atoms with Crippen LogP contribution in [-0.2, 0) is 4.79 Å². The molecule has 1 amide bonds. The van der Waals surface area contributed by atoms with Crippen molar-refractivity contribution in [1.29, 1.82) is 0 Å². The fourth-order valence-corrected chi connectivity index (χ4v) is 3.69. The number of piperidine rings is 1. The molecule has 3 unspecified atom stereocenters. The van der Waals surface area contributed by atoms with E-state index in [1.807, 2.05) is 0 Å². The fraction of sp³-hybridized carbons (Fsp3) is 0.938. The SMILES string of the molecule is CC(C)(C)CC(O)CNC(=O)CC1CC2CCC(C1)N2. The number of hydrogen-bond acceptors (Lipinski definition) is 3. The molecule has 2 bridgehead atoms. The van der Waals surface area contributed by atoms with Gasteiger partial charge in [0, 0.05) is 25.0 Å². The number of aliphatic hydroxyl groups is 1. The molecule has 4 nitrogen and oxygen atoms in total. The van der Waals surface area contributed by atoms with E-state index in [4.69, 9.17) is 0 Å². The van der Waals surface area contributed by atoms with Crippen LogP contribution in [0.4, 0.5) is 0 Å². The number of nitrogens with one attached hydrogen (secondary N) is 2. The van der Waals surface area contributed by atoms with Crippen molar-refractivity contribution in [2.45, 2.75) is 77.5 Å². The molecule has 0 aromatic carbocycles. The van der Waals surface area contributed by atoms with Gasteiger partial charge in [-0.05, 0) is 43.4 Å². The van der Waals surface area contributed by atoms with Crippen LogP contribution >= 0.6 is 0 Å². The lowest BCUT2D eigenvalue weighted by Crippen LogP contribution is -2.40. The number of hydrogen-bond donors (Lipinski definition) is 3. The Bertz CT molecular complexity index is 326. The molecule has 2 aliphatic rings. The van der Waals surface area contributed by atoms with Crippen molar-refractivity contribution in [3.63, 3.8) is 0 Å². The summed E-state index contributed by atoms with van der Waals surface area (Å²) in [6.45, 7) is 6.68. The third kappa shape index (κ3) is 5.06. The summed E-state index contributed by atoms with van der Waals surface area (Å²) in [6, 6.07) is 1.27. The van der Waals surface area contributed by atoms with E-state index in [1.165, 1.54) is 12.8 Å². The minimum absolute atomic E-state index is 0.0956. The van der Waals surface area contributed by atoms with Crippen LogP contribution in [-0.4, -0.2) is 35.7 Å². The lowest BCUT2D eigenvalue weighted by molar-refractivity contribution is -0.122. The summed E-state index contributed by atoms with van der Waals surface area (Å²) in [7, 11) is 0. The van der Waals surface area contributed by atoms with E-state index in [1.54, 1.807) is 0 Å². The Labute approximate surface area is 122 Å². The van der Waals surface area contributed by atoms with Gasteiger partial charge >= 0.3 is 0 Å². The molecule has 2 fully saturated rings. The van der Waals surface area contributed by atoms with Gasteiger partial charge in [0.1, 0.15) is 0 Å². The molecular formula is C16H30N2O2. The predicted molar refractivity (Wildman–Crippen MR) is 80.4 cm³/mol. The number of aliphatic hydroxyl groups excluding tert-OH is 1. The highest BCUT2D eigenvalue weighted by atomic mass is 16.3. The molecule has 20 heavy (non-hydrogen) atoms. The number of amides is 1. The van der Waals surface area contributed by atoms with Gasteiger partial charge in [0.2, 0.25) is 5.91 Å². The monoisotopic (exact) mass is 282 g/mol. The number of rotatable bonds is 5. The van der Waals surface area contributed by atoms with E-state index in [-0.39, 0.29) is 11.3 Å². The molecule has 2 saturated heterocycles. The molecule has 0 aliphatic carbocycles. The summed E-state index contributed by atoms with van der Waals surface area (Å²) in [5, 5.41) is 16.4. The van der Waals surface area contributed by atoms with Gasteiger partial charge in [0.05, 0.1) is 6.10 Å². The van der Waals surface area contributed by atoms with E-state index in [9.17, 15) is 9.90 Å². The molecule has 2 heterocycles. The second kappa shape index (κ2) is 6.44. The van der Waals surface area contributed by atoms with Crippen LogP contribution in [0.15, 0.2) is 0 Å². The summed E-state index contributed by atoms with van der Waals surface area (Å²) >= 11 is 0. The molecule has 116 valence electrons. The van der Waals surface area contributed by atoms with Gasteiger partial charge in [0.15, 0.2) is 0 Å². The van der Waals surface area contributed by atoms with Crippen molar-refractivity contribution in [2.24, 2.45) is 11.3 Å². The van der Waals surface area contributed by atoms with Crippen molar-refractivity contribution in [2.75, 3.05) is 6.54 Å². The zero-order chi connectivity index (χ0) is 14.8. The standard InChI is InChI=1S/C16H30N2O2/c1-16(2,3)9-14(19)10-17-15(20)8-11-6-12-4-5-13(7-11)18-12/h11-14,18-19H,4-10H2,1-3H3,(H,17,20). The zero-order valence-electron chi connectivity index (χ0n) is 13.1. The molecule has 0 saturated carbocycles. The lowest BCUT2D eigenvalue weighted by atomic mass is 9.88. The van der Waals surface area contributed by atoms with Crippen LogP contribution in [0.2, 0.25) is 0 Å². The second-order valence-electron chi connectivity index (χ2n) is 7.90. The van der Waals surface area contributed by atoms with Crippen LogP contribution in [0.3, 0.4) is 0 Å². The molecule has 0 spiro atoms. The fourth-order valence-electron chi connectivity index (χ4n) is 3.69. The van der Waals surface area contributed by atoms with E-state index >= 15 is 0 Å². The van der Waals surface area contributed by atoms with Crippen molar-refractivity contribution in [1.82, 2.24) is 10.6 Å². The Hall–Kier alpha value is -0.610. The first-order valence-electron chi connectivity index (χ1n) is 8.02. The Morgan fingerprint density at radius 1 is 1.30 bits per heavy atom. The second-order valence-corrected chi connectivity index (χ2v) is 7.90. The van der Waals surface area contributed by atoms with E-state index < -0.39 is 6.10 Å². The van der Waals surface area contributed by atoms with Gasteiger partial charge in [-0.25, -0.2) is 0 Å². The maximum atomic E-state index is 12.0. The van der Waals surface area contributed by atoms with Crippen LogP contribution < -0.4 is 10.6 Å². The van der Waals surface area contributed by atoms with Gasteiger partial charge < -0.3 is 15.7 Å². The van der Waals surface area contributed by atoms with Crippen molar-refractivity contribution < 1.29 is 9.90 Å². The average molecular weight is 282 g/mol. The topological polar surface area (TPSA) is 61.4 Å². The smallest absolute Gasteiger partial charge is 0.220 e. The summed E-state index contributed by atoms with van der Waals surface area (Å²) in [6.07, 6.45) is 5.70. The predicted octanol–water partition coefficient (Wildman–Crippen LogP) is 1.82. The van der Waals surface area contributed by atoms with Gasteiger partial charge in [-0.15, -0.1) is 0 Å². The van der Waals surface area contributed by atoms with Crippen molar-refractivity contribution in [3.05, 3.63) is 0 Å². The Morgan fingerprint density at radius 2 is 1.90 bits per heavy atom. The summed E-state index contributed by atoms with van der Waals surface area (Å²) in [5.74, 6) is 0.623. The van der Waals surface area contributed by atoms with E-state index in [0.717, 1.165) is 12.8 Å². The summed E-state index contributed by atoms with van der Waals surface area (Å²) in [5.41, 5.74) is 0.0956. The van der Waals surface area contributed by atoms with E-state index in [2.05, 4.69) is 31.4 Å². The lowest BCUT2D eigenvalue weighted by Gasteiger charge is -2.29. The zero-order valence-corrected chi connectivity index (χ0v) is 13.1. The highest BCUT2D eigenvalue weighted by molar-refractivity contribution is 5.76. The third-order valence-corrected chi connectivity index (χ3v) is 4.43. The molecule has 3 N–H and O–H groups in total. The van der Waals surface area contributed by atoms with Crippen molar-refractivity contribution in [3.8, 4) is 0 Å². The largest absolute Gasteiger partial charge is 0.391 e. The molecule has 4 heteroatoms. The molecule has 2 aliphatic heterocycles. The number of fused-ring (bicyclic) bond motifs is 2. The van der Waals surface area contributed by atoms with Gasteiger partial charge in [-0.1, -0.05) is 20.8 Å². The average Bonchev–Trinajstić information content (AvgIpc) is 2.64. The van der Waals surface area contributed by atoms with Crippen LogP contribution in [0.5, 0.6) is 0 Å². The highest BCUT2D eigenvalue weighted by Gasteiger charge is 2.34. The normalized spacial score (nSPS) is 31.1. The Balaban J connectivity index is 1.65.